The average Bonchev–Trinajstić information content (AvgIpc) is 2.67. The molecule has 0 spiro atoms. The van der Waals surface area contributed by atoms with E-state index in [1.54, 1.807) is 18.2 Å². The number of hydrogen-bond donors (Lipinski definition) is 1. The molecule has 4 heteroatoms. The van der Waals surface area contributed by atoms with Gasteiger partial charge < -0.3 is 0 Å². The molecule has 0 unspecified atom stereocenters. The van der Waals surface area contributed by atoms with Crippen LogP contribution in [0.2, 0.25) is 0 Å². The first-order valence-electron chi connectivity index (χ1n) is 5.77. The smallest absolute Gasteiger partial charge is 0.281 e. The highest BCUT2D eigenvalue weighted by molar-refractivity contribution is 9.10. The molecule has 19 heavy (non-hydrogen) atoms. The lowest BCUT2D eigenvalue weighted by atomic mass is 10.1. The number of rotatable bonds is 1. The maximum absolute atomic E-state index is 11.9. The minimum atomic E-state index is -0.390. The van der Waals surface area contributed by atoms with Gasteiger partial charge in [0.1, 0.15) is 0 Å². The molecule has 0 saturated heterocycles. The zero-order valence-electron chi connectivity index (χ0n) is 9.88. The van der Waals surface area contributed by atoms with Crippen LogP contribution in [0.15, 0.2) is 53.0 Å². The monoisotopic (exact) mass is 315 g/mol. The van der Waals surface area contributed by atoms with Gasteiger partial charge in [-0.25, -0.2) is 0 Å². The van der Waals surface area contributed by atoms with Crippen LogP contribution in [0.3, 0.4) is 0 Å². The topological polar surface area (TPSA) is 40.5 Å². The van der Waals surface area contributed by atoms with E-state index in [-0.39, 0.29) is 5.91 Å². The van der Waals surface area contributed by atoms with Crippen LogP contribution >= 0.6 is 15.9 Å². The molecule has 0 aliphatic carbocycles. The normalized spacial score (nSPS) is 16.0. The highest BCUT2D eigenvalue weighted by Gasteiger charge is 2.30. The van der Waals surface area contributed by atoms with Crippen molar-refractivity contribution in [1.82, 2.24) is 5.06 Å². The molecule has 94 valence electrons. The summed E-state index contributed by atoms with van der Waals surface area (Å²) in [7, 11) is 0. The lowest BCUT2D eigenvalue weighted by Gasteiger charge is -2.08. The lowest BCUT2D eigenvalue weighted by Crippen LogP contribution is -2.17. The second kappa shape index (κ2) is 4.64. The number of amides is 1. The molecule has 0 fully saturated rings. The Bertz CT molecular complexity index is 677. The maximum Gasteiger partial charge on any atom is 0.282 e. The second-order valence-electron chi connectivity index (χ2n) is 4.24. The van der Waals surface area contributed by atoms with Gasteiger partial charge in [-0.05, 0) is 29.8 Å². The molecule has 1 amide bonds. The first-order chi connectivity index (χ1) is 9.16. The molecule has 2 aromatic carbocycles. The summed E-state index contributed by atoms with van der Waals surface area (Å²) in [5.74, 6) is -0.390. The van der Waals surface area contributed by atoms with Crippen LogP contribution in [-0.4, -0.2) is 16.2 Å². The molecular weight excluding hydrogens is 306 g/mol. The third kappa shape index (κ3) is 2.09. The largest absolute Gasteiger partial charge is 0.282 e. The second-order valence-corrected chi connectivity index (χ2v) is 5.16. The lowest BCUT2D eigenvalue weighted by molar-refractivity contribution is -0.00674. The van der Waals surface area contributed by atoms with E-state index in [1.165, 1.54) is 0 Å². The van der Waals surface area contributed by atoms with E-state index in [0.717, 1.165) is 15.6 Å². The van der Waals surface area contributed by atoms with Gasteiger partial charge in [0.25, 0.3) is 5.91 Å². The first kappa shape index (κ1) is 12.1. The Morgan fingerprint density at radius 3 is 2.32 bits per heavy atom. The Morgan fingerprint density at radius 1 is 1.00 bits per heavy atom. The van der Waals surface area contributed by atoms with E-state index in [2.05, 4.69) is 15.9 Å². The van der Waals surface area contributed by atoms with Crippen molar-refractivity contribution in [2.45, 2.75) is 0 Å². The fourth-order valence-electron chi connectivity index (χ4n) is 2.09. The third-order valence-electron chi connectivity index (χ3n) is 3.03. The number of halogens is 1. The van der Waals surface area contributed by atoms with Gasteiger partial charge in [0.05, 0.1) is 11.3 Å². The molecule has 1 aliphatic rings. The summed E-state index contributed by atoms with van der Waals surface area (Å²) in [4.78, 5) is 11.9. The Morgan fingerprint density at radius 2 is 1.63 bits per heavy atom. The van der Waals surface area contributed by atoms with Crippen LogP contribution in [-0.2, 0) is 0 Å². The summed E-state index contributed by atoms with van der Waals surface area (Å²) in [5, 5.41) is 10.6. The molecule has 3 nitrogen and oxygen atoms in total. The van der Waals surface area contributed by atoms with Crippen molar-refractivity contribution < 1.29 is 10.0 Å². The van der Waals surface area contributed by atoms with Crippen LogP contribution < -0.4 is 0 Å². The molecule has 1 heterocycles. The van der Waals surface area contributed by atoms with Crippen LogP contribution in [0, 0.1) is 0 Å². The zero-order valence-corrected chi connectivity index (χ0v) is 11.5. The summed E-state index contributed by atoms with van der Waals surface area (Å²) in [6.07, 6.45) is 1.79. The summed E-state index contributed by atoms with van der Waals surface area (Å²) in [5.41, 5.74) is 2.69. The maximum atomic E-state index is 11.9. The van der Waals surface area contributed by atoms with Crippen molar-refractivity contribution >= 4 is 33.6 Å². The minimum Gasteiger partial charge on any atom is -0.281 e. The number of fused-ring (bicyclic) bond motifs is 1. The van der Waals surface area contributed by atoms with E-state index < -0.39 is 0 Å². The van der Waals surface area contributed by atoms with Crippen LogP contribution in [0.4, 0.5) is 0 Å². The Labute approximate surface area is 118 Å². The fourth-order valence-corrected chi connectivity index (χ4v) is 2.35. The van der Waals surface area contributed by atoms with Crippen molar-refractivity contribution in [2.75, 3.05) is 0 Å². The quantitative estimate of drug-likeness (QED) is 0.813. The van der Waals surface area contributed by atoms with Crippen molar-refractivity contribution in [1.29, 1.82) is 0 Å². The molecule has 0 atom stereocenters. The van der Waals surface area contributed by atoms with Gasteiger partial charge in [0, 0.05) is 10.0 Å². The summed E-state index contributed by atoms with van der Waals surface area (Å²) >= 11 is 3.37. The molecule has 0 aromatic heterocycles. The van der Waals surface area contributed by atoms with Crippen molar-refractivity contribution in [3.05, 3.63) is 69.7 Å². The predicted molar refractivity (Wildman–Crippen MR) is 76.4 cm³/mol. The summed E-state index contributed by atoms with van der Waals surface area (Å²) in [6, 6.07) is 14.8. The SMILES string of the molecule is O=C1c2ccccc2/C(=C/c2ccc(Br)cc2)N1O. The Balaban J connectivity index is 2.10. The highest BCUT2D eigenvalue weighted by atomic mass is 79.9. The van der Waals surface area contributed by atoms with Gasteiger partial charge in [-0.15, -0.1) is 0 Å². The van der Waals surface area contributed by atoms with Gasteiger partial charge in [-0.3, -0.25) is 10.0 Å². The highest BCUT2D eigenvalue weighted by Crippen LogP contribution is 2.32. The number of carbonyl (C=O) groups is 1. The Kier molecular flexibility index (Phi) is 2.97. The minimum absolute atomic E-state index is 0.390. The molecule has 0 bridgehead atoms. The van der Waals surface area contributed by atoms with Gasteiger partial charge in [-0.2, -0.15) is 5.06 Å². The van der Waals surface area contributed by atoms with Gasteiger partial charge in [0.2, 0.25) is 0 Å². The van der Waals surface area contributed by atoms with Crippen molar-refractivity contribution in [3.8, 4) is 0 Å². The number of nitrogens with zero attached hydrogens (tertiary/aromatic N) is 1. The molecule has 1 N–H and O–H groups in total. The molecule has 2 aromatic rings. The van der Waals surface area contributed by atoms with Gasteiger partial charge in [-0.1, -0.05) is 46.3 Å². The molecule has 0 saturated carbocycles. The fraction of sp³-hybridized carbons (Fsp3) is 0. The van der Waals surface area contributed by atoms with E-state index in [9.17, 15) is 10.0 Å². The average molecular weight is 316 g/mol. The molecule has 0 radical (unpaired) electrons. The number of hydroxylamine groups is 2. The van der Waals surface area contributed by atoms with Crippen molar-refractivity contribution in [2.24, 2.45) is 0 Å². The molecular formula is C15H10BrNO2. The van der Waals surface area contributed by atoms with E-state index in [0.29, 0.717) is 16.3 Å². The molecule has 1 aliphatic heterocycles. The summed E-state index contributed by atoms with van der Waals surface area (Å²) < 4.78 is 0.985. The van der Waals surface area contributed by atoms with Crippen LogP contribution in [0.5, 0.6) is 0 Å². The Hall–Kier alpha value is -1.91. The third-order valence-corrected chi connectivity index (χ3v) is 3.56. The zero-order chi connectivity index (χ0) is 13.4. The van der Waals surface area contributed by atoms with Crippen LogP contribution in [0.1, 0.15) is 21.5 Å². The van der Waals surface area contributed by atoms with E-state index >= 15 is 0 Å². The van der Waals surface area contributed by atoms with Gasteiger partial charge in [0.15, 0.2) is 0 Å². The van der Waals surface area contributed by atoms with Crippen molar-refractivity contribution in [3.63, 3.8) is 0 Å². The van der Waals surface area contributed by atoms with Crippen LogP contribution in [0.25, 0.3) is 11.8 Å². The summed E-state index contributed by atoms with van der Waals surface area (Å²) in [6.45, 7) is 0. The number of hydrogen-bond acceptors (Lipinski definition) is 2. The van der Waals surface area contributed by atoms with Gasteiger partial charge >= 0.3 is 0 Å². The standard InChI is InChI=1S/C15H10BrNO2/c16-11-7-5-10(6-8-11)9-14-12-3-1-2-4-13(12)15(18)17(14)19/h1-9,19H/b14-9-. The number of carbonyl (C=O) groups excluding carboxylic acids is 1. The van der Waals surface area contributed by atoms with E-state index in [1.807, 2.05) is 36.4 Å². The van der Waals surface area contributed by atoms with E-state index in [4.69, 9.17) is 0 Å². The first-order valence-corrected chi connectivity index (χ1v) is 6.56. The predicted octanol–water partition coefficient (Wildman–Crippen LogP) is 3.79. The number of benzene rings is 2. The molecule has 3 rings (SSSR count).